The maximum absolute atomic E-state index is 9.19. The van der Waals surface area contributed by atoms with Gasteiger partial charge in [0.2, 0.25) is 0 Å². The fourth-order valence-corrected chi connectivity index (χ4v) is 2.11. The summed E-state index contributed by atoms with van der Waals surface area (Å²) < 4.78 is 2.91. The van der Waals surface area contributed by atoms with Crippen LogP contribution in [0.5, 0.6) is 5.75 Å². The molecular weight excluding hydrogens is 172 g/mol. The minimum absolute atomic E-state index is 0.282. The molecule has 0 aliphatic heterocycles. The summed E-state index contributed by atoms with van der Waals surface area (Å²) in [5.74, 6) is 0.282. The zero-order valence-corrected chi connectivity index (χ0v) is 7.43. The summed E-state index contributed by atoms with van der Waals surface area (Å²) in [5.41, 5.74) is 6.75. The van der Waals surface area contributed by atoms with Gasteiger partial charge in [-0.05, 0) is 23.5 Å². The van der Waals surface area contributed by atoms with E-state index in [1.165, 1.54) is 11.3 Å². The SMILES string of the molecule is C[n+]1c(N)sc2cc(O)ccc21. The Balaban J connectivity index is 2.87. The second-order valence-electron chi connectivity index (χ2n) is 2.65. The van der Waals surface area contributed by atoms with E-state index < -0.39 is 0 Å². The predicted molar refractivity (Wildman–Crippen MR) is 49.1 cm³/mol. The predicted octanol–water partition coefficient (Wildman–Crippen LogP) is 1.01. The number of aromatic nitrogens is 1. The van der Waals surface area contributed by atoms with Gasteiger partial charge in [0.15, 0.2) is 0 Å². The highest BCUT2D eigenvalue weighted by molar-refractivity contribution is 7.21. The number of hydrogen-bond acceptors (Lipinski definition) is 3. The fourth-order valence-electron chi connectivity index (χ4n) is 1.16. The van der Waals surface area contributed by atoms with Gasteiger partial charge in [-0.3, -0.25) is 5.73 Å². The Hall–Kier alpha value is -1.29. The Morgan fingerprint density at radius 3 is 3.00 bits per heavy atom. The second kappa shape index (κ2) is 2.35. The summed E-state index contributed by atoms with van der Waals surface area (Å²) in [4.78, 5) is 0. The normalized spacial score (nSPS) is 10.8. The number of phenols is 1. The number of hydrogen-bond donors (Lipinski definition) is 2. The van der Waals surface area contributed by atoms with Crippen LogP contribution in [0.2, 0.25) is 0 Å². The lowest BCUT2D eigenvalue weighted by molar-refractivity contribution is -0.626. The number of aromatic hydroxyl groups is 1. The standard InChI is InChI=1S/C8H8N2OS/c1-10-6-3-2-5(11)4-7(6)12-8(10)9/h2-4,9,11H,1H3/p+1. The number of benzene rings is 1. The molecule has 0 spiro atoms. The van der Waals surface area contributed by atoms with Gasteiger partial charge in [-0.2, -0.15) is 0 Å². The van der Waals surface area contributed by atoms with E-state index in [-0.39, 0.29) is 5.75 Å². The number of rotatable bonds is 0. The zero-order valence-electron chi connectivity index (χ0n) is 6.61. The van der Waals surface area contributed by atoms with E-state index in [0.717, 1.165) is 15.3 Å². The summed E-state index contributed by atoms with van der Waals surface area (Å²) in [7, 11) is 1.91. The number of phenolic OH excluding ortho intramolecular Hbond substituents is 1. The van der Waals surface area contributed by atoms with Crippen LogP contribution in [0.4, 0.5) is 5.13 Å². The minimum Gasteiger partial charge on any atom is -0.508 e. The first-order valence-electron chi connectivity index (χ1n) is 3.55. The van der Waals surface area contributed by atoms with Crippen molar-refractivity contribution in [1.29, 1.82) is 0 Å². The van der Waals surface area contributed by atoms with Gasteiger partial charge >= 0.3 is 5.13 Å². The molecule has 4 heteroatoms. The van der Waals surface area contributed by atoms with Crippen molar-refractivity contribution in [2.75, 3.05) is 5.73 Å². The van der Waals surface area contributed by atoms with E-state index >= 15 is 0 Å². The molecule has 0 atom stereocenters. The molecule has 3 N–H and O–H groups in total. The van der Waals surface area contributed by atoms with Gasteiger partial charge in [0, 0.05) is 6.07 Å². The van der Waals surface area contributed by atoms with E-state index in [0.29, 0.717) is 0 Å². The lowest BCUT2D eigenvalue weighted by atomic mass is 10.3. The molecule has 0 aliphatic rings. The number of anilines is 1. The van der Waals surface area contributed by atoms with Crippen molar-refractivity contribution in [2.45, 2.75) is 0 Å². The van der Waals surface area contributed by atoms with Crippen molar-refractivity contribution in [2.24, 2.45) is 7.05 Å². The number of aryl methyl sites for hydroxylation is 1. The fraction of sp³-hybridized carbons (Fsp3) is 0.125. The first-order chi connectivity index (χ1) is 5.68. The highest BCUT2D eigenvalue weighted by atomic mass is 32.1. The molecular formula is C8H9N2OS+. The van der Waals surface area contributed by atoms with Crippen molar-refractivity contribution in [1.82, 2.24) is 0 Å². The lowest BCUT2D eigenvalue weighted by Crippen LogP contribution is -2.29. The highest BCUT2D eigenvalue weighted by Crippen LogP contribution is 2.24. The summed E-state index contributed by atoms with van der Waals surface area (Å²) in [5, 5.41) is 9.93. The number of nitrogen functional groups attached to an aromatic ring is 1. The Kier molecular flexibility index (Phi) is 1.44. The van der Waals surface area contributed by atoms with Gasteiger partial charge in [0.1, 0.15) is 11.3 Å². The van der Waals surface area contributed by atoms with Crippen LogP contribution in [0.15, 0.2) is 18.2 Å². The molecule has 0 amide bonds. The third-order valence-corrected chi connectivity index (χ3v) is 2.88. The Morgan fingerprint density at radius 2 is 2.25 bits per heavy atom. The van der Waals surface area contributed by atoms with Gasteiger partial charge < -0.3 is 5.11 Å². The van der Waals surface area contributed by atoms with Gasteiger partial charge in [-0.25, -0.2) is 4.57 Å². The van der Waals surface area contributed by atoms with Gasteiger partial charge in [0.05, 0.1) is 11.7 Å². The zero-order chi connectivity index (χ0) is 8.72. The number of nitrogens with zero attached hydrogens (tertiary/aromatic N) is 1. The van der Waals surface area contributed by atoms with Crippen LogP contribution in [0, 0.1) is 0 Å². The van der Waals surface area contributed by atoms with E-state index in [9.17, 15) is 5.11 Å². The summed E-state index contributed by atoms with van der Waals surface area (Å²) in [6.45, 7) is 0. The molecule has 0 bridgehead atoms. The minimum atomic E-state index is 0.282. The molecule has 62 valence electrons. The quantitative estimate of drug-likeness (QED) is 0.596. The Labute approximate surface area is 73.7 Å². The van der Waals surface area contributed by atoms with Crippen LogP contribution >= 0.6 is 11.3 Å². The highest BCUT2D eigenvalue weighted by Gasteiger charge is 2.10. The largest absolute Gasteiger partial charge is 0.508 e. The van der Waals surface area contributed by atoms with Crippen LogP contribution in [-0.4, -0.2) is 5.11 Å². The van der Waals surface area contributed by atoms with Crippen LogP contribution in [0.25, 0.3) is 10.2 Å². The van der Waals surface area contributed by atoms with Crippen molar-refractivity contribution in [3.05, 3.63) is 18.2 Å². The molecule has 0 radical (unpaired) electrons. The molecule has 2 aromatic rings. The van der Waals surface area contributed by atoms with Gasteiger partial charge in [0.25, 0.3) is 0 Å². The maximum atomic E-state index is 9.19. The van der Waals surface area contributed by atoms with E-state index in [1.807, 2.05) is 17.7 Å². The van der Waals surface area contributed by atoms with Crippen molar-refractivity contribution >= 4 is 26.7 Å². The number of thiazole rings is 1. The van der Waals surface area contributed by atoms with Crippen molar-refractivity contribution < 1.29 is 9.67 Å². The summed E-state index contributed by atoms with van der Waals surface area (Å²) in [6.07, 6.45) is 0. The molecule has 0 saturated carbocycles. The third-order valence-electron chi connectivity index (χ3n) is 1.85. The molecule has 0 saturated heterocycles. The Bertz CT molecular complexity index is 436. The lowest BCUT2D eigenvalue weighted by Gasteiger charge is -1.90. The second-order valence-corrected chi connectivity index (χ2v) is 3.71. The van der Waals surface area contributed by atoms with Crippen LogP contribution < -0.4 is 10.3 Å². The molecule has 12 heavy (non-hydrogen) atoms. The Morgan fingerprint density at radius 1 is 1.50 bits per heavy atom. The molecule has 1 aromatic carbocycles. The maximum Gasteiger partial charge on any atom is 0.332 e. The molecule has 2 rings (SSSR count). The van der Waals surface area contributed by atoms with Crippen molar-refractivity contribution in [3.8, 4) is 5.75 Å². The van der Waals surface area contributed by atoms with Crippen LogP contribution in [-0.2, 0) is 7.05 Å². The first kappa shape index (κ1) is 7.36. The molecule has 0 unspecified atom stereocenters. The first-order valence-corrected chi connectivity index (χ1v) is 4.37. The molecule has 3 nitrogen and oxygen atoms in total. The summed E-state index contributed by atoms with van der Waals surface area (Å²) in [6, 6.07) is 5.24. The molecule has 0 aliphatic carbocycles. The average molecular weight is 181 g/mol. The van der Waals surface area contributed by atoms with Gasteiger partial charge in [-0.15, -0.1) is 0 Å². The van der Waals surface area contributed by atoms with E-state index in [1.54, 1.807) is 12.1 Å². The topological polar surface area (TPSA) is 50.1 Å². The van der Waals surface area contributed by atoms with E-state index in [4.69, 9.17) is 5.73 Å². The number of fused-ring (bicyclic) bond motifs is 1. The third kappa shape index (κ3) is 0.921. The molecule has 1 aromatic heterocycles. The smallest absolute Gasteiger partial charge is 0.332 e. The average Bonchev–Trinajstić information content (AvgIpc) is 2.28. The van der Waals surface area contributed by atoms with E-state index in [2.05, 4.69) is 0 Å². The number of nitrogens with two attached hydrogens (primary N) is 1. The summed E-state index contributed by atoms with van der Waals surface area (Å²) >= 11 is 1.47. The molecule has 1 heterocycles. The molecule has 0 fully saturated rings. The van der Waals surface area contributed by atoms with Crippen LogP contribution in [0.1, 0.15) is 0 Å². The van der Waals surface area contributed by atoms with Gasteiger partial charge in [-0.1, -0.05) is 0 Å². The van der Waals surface area contributed by atoms with Crippen molar-refractivity contribution in [3.63, 3.8) is 0 Å². The monoisotopic (exact) mass is 181 g/mol. The van der Waals surface area contributed by atoms with Crippen LogP contribution in [0.3, 0.4) is 0 Å².